The van der Waals surface area contributed by atoms with E-state index in [-0.39, 0.29) is 0 Å². The minimum Gasteiger partial charge on any atom is -0.309 e. The van der Waals surface area contributed by atoms with Crippen LogP contribution in [0.3, 0.4) is 0 Å². The zero-order chi connectivity index (χ0) is 88.8. The minimum absolute atomic E-state index is 0.437. The Bertz CT molecular complexity index is 8760. The van der Waals surface area contributed by atoms with Gasteiger partial charge in [0.05, 0.1) is 56.1 Å². The van der Waals surface area contributed by atoms with E-state index in [2.05, 4.69) is 514 Å². The number of rotatable bonds is 15. The lowest BCUT2D eigenvalue weighted by atomic mass is 9.68. The van der Waals surface area contributed by atoms with Crippen LogP contribution >= 0.6 is 0 Å². The Kier molecular flexibility index (Phi) is 19.2. The molecule has 1 aliphatic rings. The van der Waals surface area contributed by atoms with Crippen LogP contribution in [0.4, 0.5) is 5.69 Å². The minimum atomic E-state index is -2.71. The van der Waals surface area contributed by atoms with E-state index < -0.39 is 13.5 Å². The highest BCUT2D eigenvalue weighted by atomic mass is 28.3. The van der Waals surface area contributed by atoms with Crippen LogP contribution in [0.2, 0.25) is 0 Å². The molecule has 25 aromatic rings. The lowest BCUT2D eigenvalue weighted by molar-refractivity contribution is 0.768. The van der Waals surface area contributed by atoms with Gasteiger partial charge in [-0.2, -0.15) is 0 Å². The molecule has 0 fully saturated rings. The lowest BCUT2D eigenvalue weighted by Crippen LogP contribution is -2.74. The zero-order valence-electron chi connectivity index (χ0n) is 73.3. The van der Waals surface area contributed by atoms with Gasteiger partial charge >= 0.3 is 0 Å². The molecule has 134 heavy (non-hydrogen) atoms. The highest BCUT2D eigenvalue weighted by molar-refractivity contribution is 7.19. The third-order valence-electron chi connectivity index (χ3n) is 28.1. The van der Waals surface area contributed by atoms with Gasteiger partial charge in [0.2, 0.25) is 0 Å². The van der Waals surface area contributed by atoms with Gasteiger partial charge in [0.15, 0.2) is 13.8 Å². The third-order valence-corrected chi connectivity index (χ3v) is 32.9. The number of hydrogen-bond donors (Lipinski definition) is 0. The average molecular weight is 1720 g/mol. The predicted octanol–water partition coefficient (Wildman–Crippen LogP) is 30.4. The SMILES string of the molecule is [C-]#[N+]c1ccc(-c2cccc(-n3c4ccccc4c4cc(-c5ccc6c(c5)c5ccccc5n6-c5ccc6c(c5)-c5ccccc5C6(c5ccccc5)c5ccccc5)ccc43)c2)cc1.c1ccc(-c2cccc(-c3ccc4c5cc(-c6ccc7c(c6)c6ccccc6n7-c6ccccc6)ccc5n(-c5ccc([Si](c6ccccc6)(c6ccccc6)c6ccccc6)cc5)c4c3)c2)cc1. The number of para-hydroxylation sites is 4. The summed E-state index contributed by atoms with van der Waals surface area (Å²) in [6, 6.07) is 189. The summed E-state index contributed by atoms with van der Waals surface area (Å²) in [5, 5.41) is 15.3. The van der Waals surface area contributed by atoms with Crippen LogP contribution in [0.1, 0.15) is 22.3 Å². The van der Waals surface area contributed by atoms with Gasteiger partial charge in [0, 0.05) is 65.8 Å². The molecule has 5 nitrogen and oxygen atoms in total. The fraction of sp³-hybridized carbons (Fsp3) is 0.00781. The first-order valence-corrected chi connectivity index (χ1v) is 48.0. The van der Waals surface area contributed by atoms with Crippen LogP contribution in [0.25, 0.3) is 182 Å². The maximum Gasteiger partial charge on any atom is 0.187 e. The van der Waals surface area contributed by atoms with Gasteiger partial charge in [0.1, 0.15) is 0 Å². The molecule has 4 aromatic heterocycles. The summed E-state index contributed by atoms with van der Waals surface area (Å²) >= 11 is 0. The molecule has 0 spiro atoms. The maximum atomic E-state index is 7.38. The van der Waals surface area contributed by atoms with Crippen molar-refractivity contribution < 1.29 is 0 Å². The molecule has 0 amide bonds. The normalized spacial score (nSPS) is 12.2. The van der Waals surface area contributed by atoms with Crippen molar-refractivity contribution >= 4 is 122 Å². The first-order chi connectivity index (χ1) is 66.4. The average Bonchev–Trinajstić information content (AvgIpc) is 1.52. The van der Waals surface area contributed by atoms with Crippen LogP contribution in [-0.4, -0.2) is 26.3 Å². The molecule has 0 N–H and O–H groups in total. The van der Waals surface area contributed by atoms with E-state index in [1.165, 1.54) is 180 Å². The Morgan fingerprint density at radius 1 is 0.179 bits per heavy atom. The van der Waals surface area contributed by atoms with E-state index in [0.717, 1.165) is 39.4 Å². The summed E-state index contributed by atoms with van der Waals surface area (Å²) in [5.74, 6) is 0. The van der Waals surface area contributed by atoms with Crippen LogP contribution in [0.15, 0.2) is 516 Å². The molecule has 4 heterocycles. The molecule has 21 aromatic carbocycles. The summed E-state index contributed by atoms with van der Waals surface area (Å²) in [4.78, 5) is 3.58. The van der Waals surface area contributed by atoms with Gasteiger partial charge in [-0.05, 0) is 237 Å². The molecule has 0 saturated carbocycles. The summed E-state index contributed by atoms with van der Waals surface area (Å²) in [5.41, 5.74) is 33.7. The molecule has 0 aliphatic heterocycles. The molecular weight excluding hydrogens is 1640 g/mol. The zero-order valence-corrected chi connectivity index (χ0v) is 74.3. The Morgan fingerprint density at radius 3 is 0.978 bits per heavy atom. The lowest BCUT2D eigenvalue weighted by Gasteiger charge is -2.34. The molecule has 0 unspecified atom stereocenters. The monoisotopic (exact) mass is 1720 g/mol. The Hall–Kier alpha value is -17.5. The summed E-state index contributed by atoms with van der Waals surface area (Å²) < 4.78 is 9.69. The van der Waals surface area contributed by atoms with Gasteiger partial charge in [-0.1, -0.05) is 388 Å². The van der Waals surface area contributed by atoms with E-state index in [1.807, 2.05) is 24.3 Å². The van der Waals surface area contributed by atoms with Gasteiger partial charge in [-0.3, -0.25) is 0 Å². The van der Waals surface area contributed by atoms with Gasteiger partial charge in [-0.25, -0.2) is 4.85 Å². The summed E-state index contributed by atoms with van der Waals surface area (Å²) in [6.07, 6.45) is 0. The van der Waals surface area contributed by atoms with E-state index in [0.29, 0.717) is 5.69 Å². The summed E-state index contributed by atoms with van der Waals surface area (Å²) in [6.45, 7) is 7.38. The van der Waals surface area contributed by atoms with Crippen LogP contribution in [0.5, 0.6) is 0 Å². The van der Waals surface area contributed by atoms with Crippen molar-refractivity contribution in [1.29, 1.82) is 0 Å². The second-order valence-corrected chi connectivity index (χ2v) is 39.0. The van der Waals surface area contributed by atoms with Crippen molar-refractivity contribution in [2.45, 2.75) is 5.41 Å². The highest BCUT2D eigenvalue weighted by Gasteiger charge is 2.47. The number of fused-ring (bicyclic) bond motifs is 15. The molecule has 0 bridgehead atoms. The second-order valence-electron chi connectivity index (χ2n) is 35.2. The fourth-order valence-electron chi connectivity index (χ4n) is 22.1. The standard InChI is InChI=1S/C66H46N2Si.C62H39N3/c1-6-19-47(20-7-1)48-21-18-22-49(43-48)52-33-40-60-62-45-51(50-34-41-64-61(44-50)59-31-16-17-32-63(59)67(64)53-23-8-2-9-24-53)35-42-65(62)68(66(60)46-52)54-36-38-58(39-37-54)69(55-25-10-3-11-26-55,56-27-12-4-13-28-56)57-29-14-5-15-30-57;1-63-47-31-27-41(28-32-47)42-15-14-20-48(37-42)64-58-25-12-9-22-51(58)54-38-43(29-35-60(54)64)44-30-36-61-55(39-44)52-23-10-13-26-59(52)65(61)49-33-34-57-53(40-49)50-21-8-11-24-56(50)62(57,45-16-4-2-5-17-45)46-18-6-3-7-19-46/h1-46H;2-40H. The third kappa shape index (κ3) is 12.9. The highest BCUT2D eigenvalue weighted by Crippen LogP contribution is 2.57. The smallest absolute Gasteiger partial charge is 0.187 e. The molecular formula is C128H85N5Si. The number of nitrogens with zero attached hydrogens (tertiary/aromatic N) is 5. The Morgan fingerprint density at radius 2 is 0.485 bits per heavy atom. The molecule has 0 saturated heterocycles. The van der Waals surface area contributed by atoms with Crippen molar-refractivity contribution in [3.8, 4) is 89.5 Å². The quantitative estimate of drug-likeness (QED) is 0.0555. The Balaban J connectivity index is 0.000000144. The fourth-order valence-corrected chi connectivity index (χ4v) is 26.8. The largest absolute Gasteiger partial charge is 0.309 e. The molecule has 6 heteroatoms. The number of hydrogen-bond acceptors (Lipinski definition) is 0. The van der Waals surface area contributed by atoms with Gasteiger partial charge < -0.3 is 18.3 Å². The topological polar surface area (TPSA) is 24.1 Å². The molecule has 0 radical (unpaired) electrons. The van der Waals surface area contributed by atoms with Crippen molar-refractivity contribution in [3.05, 3.63) is 549 Å². The molecule has 1 aliphatic carbocycles. The van der Waals surface area contributed by atoms with Crippen LogP contribution in [-0.2, 0) is 5.41 Å². The maximum absolute atomic E-state index is 7.38. The van der Waals surface area contributed by atoms with E-state index in [4.69, 9.17) is 6.57 Å². The number of aromatic nitrogens is 4. The predicted molar refractivity (Wildman–Crippen MR) is 565 cm³/mol. The Labute approximate surface area is 778 Å². The molecule has 626 valence electrons. The van der Waals surface area contributed by atoms with Gasteiger partial charge in [-0.15, -0.1) is 0 Å². The van der Waals surface area contributed by atoms with E-state index in [9.17, 15) is 0 Å². The second kappa shape index (κ2) is 32.6. The number of benzene rings is 21. The van der Waals surface area contributed by atoms with Crippen molar-refractivity contribution in [2.75, 3.05) is 0 Å². The van der Waals surface area contributed by atoms with E-state index in [1.54, 1.807) is 0 Å². The molecule has 0 atom stereocenters. The van der Waals surface area contributed by atoms with Crippen molar-refractivity contribution in [2.24, 2.45) is 0 Å². The summed E-state index contributed by atoms with van der Waals surface area (Å²) in [7, 11) is -2.71. The first kappa shape index (κ1) is 78.8. The van der Waals surface area contributed by atoms with Crippen molar-refractivity contribution in [3.63, 3.8) is 0 Å². The van der Waals surface area contributed by atoms with Gasteiger partial charge in [0.25, 0.3) is 0 Å². The van der Waals surface area contributed by atoms with Crippen LogP contribution < -0.4 is 20.7 Å². The van der Waals surface area contributed by atoms with Crippen molar-refractivity contribution in [1.82, 2.24) is 18.3 Å². The van der Waals surface area contributed by atoms with Crippen LogP contribution in [0, 0.1) is 6.57 Å². The van der Waals surface area contributed by atoms with E-state index >= 15 is 0 Å². The molecule has 26 rings (SSSR count). The first-order valence-electron chi connectivity index (χ1n) is 46.0.